The van der Waals surface area contributed by atoms with E-state index >= 15 is 0 Å². The Bertz CT molecular complexity index is 311. The molecule has 0 bridgehead atoms. The van der Waals surface area contributed by atoms with Gasteiger partial charge in [0.05, 0.1) is 18.6 Å². The number of carbonyl (C=O) groups is 1. The molecule has 1 N–H and O–H groups in total. The number of hydrogen-bond donors (Lipinski definition) is 1. The van der Waals surface area contributed by atoms with Crippen molar-refractivity contribution in [3.05, 3.63) is 0 Å². The summed E-state index contributed by atoms with van der Waals surface area (Å²) in [4.78, 5) is 16.7. The van der Waals surface area contributed by atoms with Crippen LogP contribution in [0.2, 0.25) is 0 Å². The molecule has 0 saturated carbocycles. The van der Waals surface area contributed by atoms with Crippen molar-refractivity contribution >= 4 is 5.91 Å². The van der Waals surface area contributed by atoms with Crippen LogP contribution in [0, 0.1) is 5.92 Å². The first-order valence-corrected chi connectivity index (χ1v) is 7.09. The van der Waals surface area contributed by atoms with E-state index in [1.54, 1.807) is 0 Å². The molecule has 2 unspecified atom stereocenters. The fraction of sp³-hybridized carbons (Fsp3) is 0.923. The lowest BCUT2D eigenvalue weighted by Gasteiger charge is -2.47. The zero-order valence-electron chi connectivity index (χ0n) is 11.1. The summed E-state index contributed by atoms with van der Waals surface area (Å²) in [5.74, 6) is 0.426. The van der Waals surface area contributed by atoms with Crippen molar-refractivity contribution in [1.82, 2.24) is 15.1 Å². The van der Waals surface area contributed by atoms with Crippen LogP contribution in [0.5, 0.6) is 0 Å². The average molecular weight is 253 g/mol. The second-order valence-electron chi connectivity index (χ2n) is 5.76. The molecule has 0 spiro atoms. The maximum atomic E-state index is 12.2. The Labute approximate surface area is 108 Å². The Hall–Kier alpha value is -0.650. The Kier molecular flexibility index (Phi) is 3.54. The van der Waals surface area contributed by atoms with Gasteiger partial charge in [0, 0.05) is 45.3 Å². The molecule has 3 aliphatic rings. The highest BCUT2D eigenvalue weighted by Gasteiger charge is 2.39. The number of carbonyl (C=O) groups excluding carboxylic acids is 1. The quantitative estimate of drug-likeness (QED) is 0.722. The molecule has 3 heterocycles. The smallest absolute Gasteiger partial charge is 0.228 e. The van der Waals surface area contributed by atoms with Gasteiger partial charge in [-0.15, -0.1) is 0 Å². The normalized spacial score (nSPS) is 34.6. The monoisotopic (exact) mass is 253 g/mol. The van der Waals surface area contributed by atoms with E-state index in [4.69, 9.17) is 4.74 Å². The van der Waals surface area contributed by atoms with Gasteiger partial charge in [0.1, 0.15) is 0 Å². The molecule has 0 aromatic carbocycles. The summed E-state index contributed by atoms with van der Waals surface area (Å²) in [5.41, 5.74) is 0. The predicted molar refractivity (Wildman–Crippen MR) is 68.3 cm³/mol. The first-order chi connectivity index (χ1) is 8.74. The Morgan fingerprint density at radius 1 is 1.28 bits per heavy atom. The molecule has 18 heavy (non-hydrogen) atoms. The second-order valence-corrected chi connectivity index (χ2v) is 5.76. The van der Waals surface area contributed by atoms with Crippen LogP contribution in [0.4, 0.5) is 0 Å². The SMILES string of the molecule is CC1CC(C(=O)N2CC(N3CCNCC3)C2)CO1. The number of hydrogen-bond acceptors (Lipinski definition) is 4. The molecule has 102 valence electrons. The molecule has 5 heteroatoms. The number of rotatable bonds is 2. The first-order valence-electron chi connectivity index (χ1n) is 7.09. The summed E-state index contributed by atoms with van der Waals surface area (Å²) in [6.45, 7) is 8.92. The second kappa shape index (κ2) is 5.15. The van der Waals surface area contributed by atoms with Gasteiger partial charge in [-0.1, -0.05) is 0 Å². The van der Waals surface area contributed by atoms with Crippen molar-refractivity contribution in [3.63, 3.8) is 0 Å². The van der Waals surface area contributed by atoms with Crippen molar-refractivity contribution in [2.75, 3.05) is 45.9 Å². The summed E-state index contributed by atoms with van der Waals surface area (Å²) in [6, 6.07) is 0.593. The standard InChI is InChI=1S/C13H23N3O2/c1-10-6-11(9-18-10)13(17)16-7-12(8-16)15-4-2-14-3-5-15/h10-12,14H,2-9H2,1H3. The summed E-state index contributed by atoms with van der Waals surface area (Å²) in [7, 11) is 0. The van der Waals surface area contributed by atoms with E-state index in [-0.39, 0.29) is 12.0 Å². The van der Waals surface area contributed by atoms with E-state index in [9.17, 15) is 4.79 Å². The molecular weight excluding hydrogens is 230 g/mol. The van der Waals surface area contributed by atoms with E-state index in [1.165, 1.54) is 0 Å². The zero-order valence-corrected chi connectivity index (χ0v) is 11.1. The molecule has 2 atom stereocenters. The van der Waals surface area contributed by atoms with E-state index in [0.717, 1.165) is 45.7 Å². The number of amides is 1. The van der Waals surface area contributed by atoms with Crippen molar-refractivity contribution in [3.8, 4) is 0 Å². The highest BCUT2D eigenvalue weighted by Crippen LogP contribution is 2.25. The molecule has 3 aliphatic heterocycles. The number of likely N-dealkylation sites (tertiary alicyclic amines) is 1. The summed E-state index contributed by atoms with van der Waals surface area (Å²) >= 11 is 0. The van der Waals surface area contributed by atoms with E-state index < -0.39 is 0 Å². The first kappa shape index (κ1) is 12.4. The van der Waals surface area contributed by atoms with Crippen LogP contribution < -0.4 is 5.32 Å². The van der Waals surface area contributed by atoms with Crippen molar-refractivity contribution in [1.29, 1.82) is 0 Å². The van der Waals surface area contributed by atoms with E-state index in [0.29, 0.717) is 18.6 Å². The highest BCUT2D eigenvalue weighted by molar-refractivity contribution is 5.80. The lowest BCUT2D eigenvalue weighted by molar-refractivity contribution is -0.143. The highest BCUT2D eigenvalue weighted by atomic mass is 16.5. The van der Waals surface area contributed by atoms with Crippen molar-refractivity contribution in [2.24, 2.45) is 5.92 Å². The Morgan fingerprint density at radius 2 is 2.00 bits per heavy atom. The molecule has 1 amide bonds. The van der Waals surface area contributed by atoms with Gasteiger partial charge in [0.25, 0.3) is 0 Å². The van der Waals surface area contributed by atoms with Gasteiger partial charge in [-0.3, -0.25) is 9.69 Å². The minimum Gasteiger partial charge on any atom is -0.378 e. The zero-order chi connectivity index (χ0) is 12.5. The van der Waals surface area contributed by atoms with E-state index in [1.807, 2.05) is 11.8 Å². The third kappa shape index (κ3) is 2.39. The Morgan fingerprint density at radius 3 is 2.61 bits per heavy atom. The fourth-order valence-corrected chi connectivity index (χ4v) is 3.16. The minimum atomic E-state index is 0.115. The van der Waals surface area contributed by atoms with Gasteiger partial charge in [0.15, 0.2) is 0 Å². The van der Waals surface area contributed by atoms with Gasteiger partial charge in [-0.2, -0.15) is 0 Å². The number of nitrogens with one attached hydrogen (secondary N) is 1. The molecule has 0 aromatic rings. The number of nitrogens with zero attached hydrogens (tertiary/aromatic N) is 2. The summed E-state index contributed by atoms with van der Waals surface area (Å²) in [5, 5.41) is 3.36. The van der Waals surface area contributed by atoms with E-state index in [2.05, 4.69) is 10.2 Å². The van der Waals surface area contributed by atoms with Crippen LogP contribution in [-0.2, 0) is 9.53 Å². The van der Waals surface area contributed by atoms with Crippen LogP contribution in [0.3, 0.4) is 0 Å². The molecule has 3 fully saturated rings. The van der Waals surface area contributed by atoms with Crippen LogP contribution >= 0.6 is 0 Å². The topological polar surface area (TPSA) is 44.8 Å². The van der Waals surface area contributed by atoms with Crippen LogP contribution in [0.15, 0.2) is 0 Å². The largest absolute Gasteiger partial charge is 0.378 e. The lowest BCUT2D eigenvalue weighted by Crippen LogP contribution is -2.64. The predicted octanol–water partition coefficient (Wildman–Crippen LogP) is -0.473. The third-order valence-electron chi connectivity index (χ3n) is 4.39. The van der Waals surface area contributed by atoms with Crippen molar-refractivity contribution in [2.45, 2.75) is 25.5 Å². The van der Waals surface area contributed by atoms with Gasteiger partial charge in [-0.05, 0) is 13.3 Å². The van der Waals surface area contributed by atoms with Crippen LogP contribution in [0.1, 0.15) is 13.3 Å². The number of piperazine rings is 1. The molecular formula is C13H23N3O2. The minimum absolute atomic E-state index is 0.115. The van der Waals surface area contributed by atoms with Gasteiger partial charge >= 0.3 is 0 Å². The van der Waals surface area contributed by atoms with Gasteiger partial charge < -0.3 is 15.0 Å². The average Bonchev–Trinajstić information content (AvgIpc) is 2.75. The maximum absolute atomic E-state index is 12.2. The molecule has 0 radical (unpaired) electrons. The molecule has 0 aliphatic carbocycles. The van der Waals surface area contributed by atoms with Gasteiger partial charge in [-0.25, -0.2) is 0 Å². The molecule has 0 aromatic heterocycles. The fourth-order valence-electron chi connectivity index (χ4n) is 3.16. The Balaban J connectivity index is 1.45. The number of ether oxygens (including phenoxy) is 1. The van der Waals surface area contributed by atoms with Crippen LogP contribution in [-0.4, -0.2) is 73.7 Å². The maximum Gasteiger partial charge on any atom is 0.228 e. The molecule has 3 saturated heterocycles. The summed E-state index contributed by atoms with van der Waals surface area (Å²) < 4.78 is 5.48. The van der Waals surface area contributed by atoms with Gasteiger partial charge in [0.2, 0.25) is 5.91 Å². The summed E-state index contributed by atoms with van der Waals surface area (Å²) in [6.07, 6.45) is 1.15. The third-order valence-corrected chi connectivity index (χ3v) is 4.39. The lowest BCUT2D eigenvalue weighted by atomic mass is 9.99. The van der Waals surface area contributed by atoms with Crippen molar-refractivity contribution < 1.29 is 9.53 Å². The molecule has 5 nitrogen and oxygen atoms in total. The van der Waals surface area contributed by atoms with Crippen LogP contribution in [0.25, 0.3) is 0 Å². The molecule has 3 rings (SSSR count).